The molecule has 1 atom stereocenters. The lowest BCUT2D eigenvalue weighted by Crippen LogP contribution is -2.30. The number of benzene rings is 2. The molecule has 0 radical (unpaired) electrons. The van der Waals surface area contributed by atoms with Crippen LogP contribution in [-0.2, 0) is 0 Å². The number of aromatic nitrogens is 1. The van der Waals surface area contributed by atoms with Gasteiger partial charge in [0.05, 0.1) is 11.6 Å². The summed E-state index contributed by atoms with van der Waals surface area (Å²) >= 11 is 0. The normalized spacial score (nSPS) is 11.8. The molecule has 120 valence electrons. The van der Waals surface area contributed by atoms with E-state index in [0.717, 1.165) is 5.56 Å². The molecule has 0 aliphatic heterocycles. The molecule has 0 saturated heterocycles. The Morgan fingerprint density at radius 1 is 0.875 bits per heavy atom. The van der Waals surface area contributed by atoms with Gasteiger partial charge in [0.1, 0.15) is 11.6 Å². The molecule has 2 aromatic carbocycles. The van der Waals surface area contributed by atoms with Crippen LogP contribution < -0.4 is 5.32 Å². The van der Waals surface area contributed by atoms with Gasteiger partial charge in [-0.15, -0.1) is 0 Å². The fourth-order valence-corrected chi connectivity index (χ4v) is 2.42. The second-order valence-corrected chi connectivity index (χ2v) is 5.22. The number of pyridine rings is 1. The lowest BCUT2D eigenvalue weighted by molar-refractivity contribution is 0.0939. The number of nitrogens with zero attached hydrogens (tertiary/aromatic N) is 1. The number of rotatable bonds is 4. The molecule has 1 N–H and O–H groups in total. The van der Waals surface area contributed by atoms with Gasteiger partial charge in [-0.2, -0.15) is 0 Å². The first-order chi connectivity index (χ1) is 11.6. The summed E-state index contributed by atoms with van der Waals surface area (Å²) in [6, 6.07) is 14.5. The Bertz CT molecular complexity index is 836. The topological polar surface area (TPSA) is 42.0 Å². The summed E-state index contributed by atoms with van der Waals surface area (Å²) in [5.74, 6) is -1.51. The van der Waals surface area contributed by atoms with Crippen LogP contribution in [0.4, 0.5) is 8.78 Å². The summed E-state index contributed by atoms with van der Waals surface area (Å²) in [6.45, 7) is 0. The van der Waals surface area contributed by atoms with Crippen LogP contribution in [0.15, 0.2) is 73.1 Å². The summed E-state index contributed by atoms with van der Waals surface area (Å²) in [5, 5.41) is 2.80. The highest BCUT2D eigenvalue weighted by atomic mass is 19.1. The van der Waals surface area contributed by atoms with Gasteiger partial charge in [-0.1, -0.05) is 24.3 Å². The summed E-state index contributed by atoms with van der Waals surface area (Å²) in [7, 11) is 0. The Balaban J connectivity index is 1.95. The second kappa shape index (κ2) is 7.00. The molecule has 0 aliphatic carbocycles. The van der Waals surface area contributed by atoms with Crippen molar-refractivity contribution in [2.45, 2.75) is 6.04 Å². The van der Waals surface area contributed by atoms with E-state index >= 15 is 0 Å². The monoisotopic (exact) mass is 324 g/mol. The van der Waals surface area contributed by atoms with Gasteiger partial charge >= 0.3 is 0 Å². The fourth-order valence-electron chi connectivity index (χ4n) is 2.42. The Morgan fingerprint density at radius 2 is 1.50 bits per heavy atom. The van der Waals surface area contributed by atoms with Crippen molar-refractivity contribution < 1.29 is 13.6 Å². The number of hydrogen-bond donors (Lipinski definition) is 1. The van der Waals surface area contributed by atoms with Crippen LogP contribution in [0.2, 0.25) is 0 Å². The van der Waals surface area contributed by atoms with Gasteiger partial charge in [0.2, 0.25) is 0 Å². The third-order valence-electron chi connectivity index (χ3n) is 3.64. The highest BCUT2D eigenvalue weighted by Crippen LogP contribution is 2.23. The quantitative estimate of drug-likeness (QED) is 0.791. The maximum absolute atomic E-state index is 13.8. The van der Waals surface area contributed by atoms with E-state index in [1.54, 1.807) is 42.7 Å². The van der Waals surface area contributed by atoms with E-state index in [0.29, 0.717) is 5.56 Å². The SMILES string of the molecule is O=C(NC(c1ccncc1)c1ccc(F)cc1)c1ccccc1F. The minimum absolute atomic E-state index is 0.0429. The Hall–Kier alpha value is -3.08. The first-order valence-corrected chi connectivity index (χ1v) is 7.36. The molecule has 5 heteroatoms. The smallest absolute Gasteiger partial charge is 0.255 e. The highest BCUT2D eigenvalue weighted by molar-refractivity contribution is 5.94. The Labute approximate surface area is 138 Å². The van der Waals surface area contributed by atoms with Gasteiger partial charge in [0.15, 0.2) is 0 Å². The molecule has 3 rings (SSSR count). The number of carbonyl (C=O) groups is 1. The predicted molar refractivity (Wildman–Crippen MR) is 86.3 cm³/mol. The predicted octanol–water partition coefficient (Wildman–Crippen LogP) is 3.88. The van der Waals surface area contributed by atoms with Gasteiger partial charge in [-0.05, 0) is 47.5 Å². The van der Waals surface area contributed by atoms with E-state index in [1.165, 1.54) is 30.3 Å². The third-order valence-corrected chi connectivity index (χ3v) is 3.64. The van der Waals surface area contributed by atoms with Crippen molar-refractivity contribution in [2.75, 3.05) is 0 Å². The minimum Gasteiger partial charge on any atom is -0.341 e. The lowest BCUT2D eigenvalue weighted by atomic mass is 9.99. The molecule has 24 heavy (non-hydrogen) atoms. The number of amides is 1. The van der Waals surface area contributed by atoms with Crippen LogP contribution in [0.1, 0.15) is 27.5 Å². The summed E-state index contributed by atoms with van der Waals surface area (Å²) in [5.41, 5.74) is 1.41. The molecular formula is C19H14F2N2O. The lowest BCUT2D eigenvalue weighted by Gasteiger charge is -2.20. The van der Waals surface area contributed by atoms with Crippen LogP contribution in [-0.4, -0.2) is 10.9 Å². The number of halogens is 2. The molecular weight excluding hydrogens is 310 g/mol. The molecule has 0 saturated carbocycles. The number of nitrogens with one attached hydrogen (secondary N) is 1. The van der Waals surface area contributed by atoms with Crippen molar-refractivity contribution in [1.82, 2.24) is 10.3 Å². The zero-order valence-corrected chi connectivity index (χ0v) is 12.6. The standard InChI is InChI=1S/C19H14F2N2O/c20-15-7-5-13(6-8-15)18(14-9-11-22-12-10-14)23-19(24)16-3-1-2-4-17(16)21/h1-12,18H,(H,23,24). The second-order valence-electron chi connectivity index (χ2n) is 5.22. The first-order valence-electron chi connectivity index (χ1n) is 7.36. The first kappa shape index (κ1) is 15.8. The molecule has 1 heterocycles. The Morgan fingerprint density at radius 3 is 2.17 bits per heavy atom. The largest absolute Gasteiger partial charge is 0.341 e. The van der Waals surface area contributed by atoms with Gasteiger partial charge in [-0.25, -0.2) is 8.78 Å². The Kier molecular flexibility index (Phi) is 4.61. The van der Waals surface area contributed by atoms with Gasteiger partial charge in [0, 0.05) is 12.4 Å². The van der Waals surface area contributed by atoms with Crippen LogP contribution in [0.5, 0.6) is 0 Å². The van der Waals surface area contributed by atoms with Crippen molar-refractivity contribution >= 4 is 5.91 Å². The van der Waals surface area contributed by atoms with Gasteiger partial charge < -0.3 is 5.32 Å². The minimum atomic E-state index is -0.595. The van der Waals surface area contributed by atoms with E-state index in [4.69, 9.17) is 0 Å². The molecule has 3 nitrogen and oxygen atoms in total. The number of carbonyl (C=O) groups excluding carboxylic acids is 1. The average molecular weight is 324 g/mol. The van der Waals surface area contributed by atoms with Gasteiger partial charge in [0.25, 0.3) is 5.91 Å². The van der Waals surface area contributed by atoms with Crippen LogP contribution >= 0.6 is 0 Å². The number of hydrogen-bond acceptors (Lipinski definition) is 2. The van der Waals surface area contributed by atoms with Crippen LogP contribution in [0.25, 0.3) is 0 Å². The fraction of sp³-hybridized carbons (Fsp3) is 0.0526. The van der Waals surface area contributed by atoms with E-state index < -0.39 is 17.8 Å². The van der Waals surface area contributed by atoms with Crippen molar-refractivity contribution in [3.05, 3.63) is 101 Å². The highest BCUT2D eigenvalue weighted by Gasteiger charge is 2.19. The molecule has 0 bridgehead atoms. The zero-order valence-electron chi connectivity index (χ0n) is 12.6. The molecule has 3 aromatic rings. The average Bonchev–Trinajstić information content (AvgIpc) is 2.61. The molecule has 1 unspecified atom stereocenters. The summed E-state index contributed by atoms with van der Waals surface area (Å²) in [6.07, 6.45) is 3.20. The van der Waals surface area contributed by atoms with E-state index in [1.807, 2.05) is 0 Å². The molecule has 0 spiro atoms. The zero-order chi connectivity index (χ0) is 16.9. The molecule has 0 aliphatic rings. The summed E-state index contributed by atoms with van der Waals surface area (Å²) in [4.78, 5) is 16.4. The van der Waals surface area contributed by atoms with Gasteiger partial charge in [-0.3, -0.25) is 9.78 Å². The van der Waals surface area contributed by atoms with Crippen LogP contribution in [0.3, 0.4) is 0 Å². The summed E-state index contributed by atoms with van der Waals surface area (Å²) < 4.78 is 27.0. The van der Waals surface area contributed by atoms with Crippen molar-refractivity contribution in [1.29, 1.82) is 0 Å². The van der Waals surface area contributed by atoms with Crippen molar-refractivity contribution in [2.24, 2.45) is 0 Å². The van der Waals surface area contributed by atoms with E-state index in [-0.39, 0.29) is 11.4 Å². The van der Waals surface area contributed by atoms with E-state index in [9.17, 15) is 13.6 Å². The molecule has 1 amide bonds. The van der Waals surface area contributed by atoms with Crippen LogP contribution in [0, 0.1) is 11.6 Å². The molecule has 0 fully saturated rings. The third kappa shape index (κ3) is 3.46. The van der Waals surface area contributed by atoms with Crippen molar-refractivity contribution in [3.63, 3.8) is 0 Å². The maximum atomic E-state index is 13.8. The van der Waals surface area contributed by atoms with E-state index in [2.05, 4.69) is 10.3 Å². The van der Waals surface area contributed by atoms with Crippen molar-refractivity contribution in [3.8, 4) is 0 Å². The maximum Gasteiger partial charge on any atom is 0.255 e. The molecule has 1 aromatic heterocycles.